The Morgan fingerprint density at radius 3 is 2.60 bits per heavy atom. The summed E-state index contributed by atoms with van der Waals surface area (Å²) in [5.74, 6) is -4.16. The van der Waals surface area contributed by atoms with Crippen molar-refractivity contribution in [2.45, 2.75) is 38.3 Å². The van der Waals surface area contributed by atoms with Crippen LogP contribution in [-0.4, -0.2) is 51.9 Å². The molecule has 4 aromatic rings. The Hall–Kier alpha value is -4.43. The first-order chi connectivity index (χ1) is 21.4. The minimum absolute atomic E-state index is 0.00652. The van der Waals surface area contributed by atoms with E-state index in [2.05, 4.69) is 15.4 Å². The largest absolute Gasteiger partial charge is 0.494 e. The lowest BCUT2D eigenvalue weighted by atomic mass is 9.90. The molecule has 0 saturated heterocycles. The molecule has 4 N–H and O–H groups in total. The zero-order valence-corrected chi connectivity index (χ0v) is 24.8. The van der Waals surface area contributed by atoms with Crippen LogP contribution in [0, 0.1) is 17.6 Å². The molecule has 1 aliphatic carbocycles. The number of aromatic nitrogens is 3. The maximum atomic E-state index is 14.5. The van der Waals surface area contributed by atoms with Crippen molar-refractivity contribution in [2.24, 2.45) is 11.7 Å². The molecule has 5 rings (SSSR count). The van der Waals surface area contributed by atoms with Crippen LogP contribution < -0.4 is 20.5 Å². The number of fused-ring (bicyclic) bond motifs is 1. The van der Waals surface area contributed by atoms with Gasteiger partial charge in [0.2, 0.25) is 5.91 Å². The number of nitrogens with two attached hydrogens (primary N) is 1. The van der Waals surface area contributed by atoms with Gasteiger partial charge in [0, 0.05) is 28.3 Å². The number of ether oxygens (including phenoxy) is 2. The average molecular weight is 650 g/mol. The SMILES string of the molecule is CCOc1c(CC(N)=O)cc([C@@](O)(CNC(=O)c2cc(OC)c3nn(C(F)F)cc3c2)C2CC2)nc1-c1ccc(F)c(F)c1Cl. The van der Waals surface area contributed by atoms with Crippen LogP contribution in [0.3, 0.4) is 0 Å². The van der Waals surface area contributed by atoms with Gasteiger partial charge < -0.3 is 25.6 Å². The molecule has 1 saturated carbocycles. The minimum Gasteiger partial charge on any atom is -0.494 e. The summed E-state index contributed by atoms with van der Waals surface area (Å²) in [5.41, 5.74) is 3.97. The molecule has 15 heteroatoms. The standard InChI is InChI=1S/C30H28ClF4N5O5/c1-3-45-27-14(11-22(36)41)10-21(38-26(27)18-6-7-19(32)24(33)23(18)31)30(43,17-4-5-17)13-37-28(42)15-8-16-12-40(29(34)35)39-25(16)20(9-15)44-2/h6-10,12,17,29,43H,3-5,11,13H2,1-2H3,(H2,36,41)(H,37,42)/t30-/m1/s1. The van der Waals surface area contributed by atoms with Crippen LogP contribution in [0.5, 0.6) is 11.5 Å². The van der Waals surface area contributed by atoms with Crippen molar-refractivity contribution in [1.82, 2.24) is 20.1 Å². The van der Waals surface area contributed by atoms with Crippen molar-refractivity contribution in [2.75, 3.05) is 20.3 Å². The number of nitrogens with zero attached hydrogens (tertiary/aromatic N) is 3. The Morgan fingerprint density at radius 1 is 1.24 bits per heavy atom. The number of alkyl halides is 2. The molecule has 238 valence electrons. The lowest BCUT2D eigenvalue weighted by Gasteiger charge is -2.30. The van der Waals surface area contributed by atoms with Gasteiger partial charge in [-0.3, -0.25) is 9.59 Å². The van der Waals surface area contributed by atoms with Gasteiger partial charge in [0.15, 0.2) is 11.6 Å². The summed E-state index contributed by atoms with van der Waals surface area (Å²) in [6.45, 7) is -1.50. The van der Waals surface area contributed by atoms with Gasteiger partial charge in [-0.1, -0.05) is 11.6 Å². The minimum atomic E-state index is -2.90. The van der Waals surface area contributed by atoms with Gasteiger partial charge in [0.25, 0.3) is 5.91 Å². The normalized spacial score (nSPS) is 14.4. The highest BCUT2D eigenvalue weighted by molar-refractivity contribution is 6.33. The third kappa shape index (κ3) is 6.25. The first-order valence-corrected chi connectivity index (χ1v) is 14.2. The van der Waals surface area contributed by atoms with E-state index in [1.165, 1.54) is 31.4 Å². The first-order valence-electron chi connectivity index (χ1n) is 13.8. The molecule has 2 aromatic carbocycles. The van der Waals surface area contributed by atoms with Crippen molar-refractivity contribution in [1.29, 1.82) is 0 Å². The van der Waals surface area contributed by atoms with E-state index < -0.39 is 40.6 Å². The maximum absolute atomic E-state index is 14.5. The van der Waals surface area contributed by atoms with Crippen LogP contribution in [-0.2, 0) is 16.8 Å². The molecule has 0 radical (unpaired) electrons. The van der Waals surface area contributed by atoms with E-state index in [1.807, 2.05) is 0 Å². The molecule has 0 spiro atoms. The average Bonchev–Trinajstić information content (AvgIpc) is 3.77. The topological polar surface area (TPSA) is 142 Å². The van der Waals surface area contributed by atoms with Crippen LogP contribution in [0.15, 0.2) is 36.5 Å². The third-order valence-electron chi connectivity index (χ3n) is 7.48. The van der Waals surface area contributed by atoms with Crippen molar-refractivity contribution in [3.63, 3.8) is 0 Å². The molecule has 2 amide bonds. The van der Waals surface area contributed by atoms with Gasteiger partial charge in [0.05, 0.1) is 37.4 Å². The molecular weight excluding hydrogens is 622 g/mol. The van der Waals surface area contributed by atoms with Crippen molar-refractivity contribution >= 4 is 34.3 Å². The number of pyridine rings is 1. The second-order valence-corrected chi connectivity index (χ2v) is 10.9. The van der Waals surface area contributed by atoms with Crippen molar-refractivity contribution in [3.8, 4) is 22.8 Å². The number of carbonyl (C=O) groups is 2. The number of aliphatic hydroxyl groups is 1. The quantitative estimate of drug-likeness (QED) is 0.147. The molecule has 0 aliphatic heterocycles. The number of benzene rings is 2. The van der Waals surface area contributed by atoms with Crippen molar-refractivity contribution in [3.05, 3.63) is 70.0 Å². The smallest absolute Gasteiger partial charge is 0.333 e. The van der Waals surface area contributed by atoms with Gasteiger partial charge in [-0.2, -0.15) is 13.9 Å². The van der Waals surface area contributed by atoms with E-state index in [4.69, 9.17) is 26.8 Å². The molecule has 2 heterocycles. The predicted octanol–water partition coefficient (Wildman–Crippen LogP) is 4.89. The summed E-state index contributed by atoms with van der Waals surface area (Å²) in [7, 11) is 1.31. The molecule has 0 bridgehead atoms. The van der Waals surface area contributed by atoms with Gasteiger partial charge in [-0.25, -0.2) is 18.4 Å². The second-order valence-electron chi connectivity index (χ2n) is 10.5. The predicted molar refractivity (Wildman–Crippen MR) is 155 cm³/mol. The summed E-state index contributed by atoms with van der Waals surface area (Å²) < 4.78 is 66.4. The first kappa shape index (κ1) is 32.0. The van der Waals surface area contributed by atoms with Crippen LogP contribution in [0.1, 0.15) is 47.9 Å². The highest BCUT2D eigenvalue weighted by Gasteiger charge is 2.47. The molecule has 1 fully saturated rings. The molecule has 45 heavy (non-hydrogen) atoms. The highest BCUT2D eigenvalue weighted by Crippen LogP contribution is 2.47. The Morgan fingerprint density at radius 2 is 1.98 bits per heavy atom. The van der Waals surface area contributed by atoms with Crippen LogP contribution >= 0.6 is 11.6 Å². The Kier molecular flexibility index (Phi) is 8.90. The fraction of sp³-hybridized carbons (Fsp3) is 0.333. The van der Waals surface area contributed by atoms with Gasteiger partial charge >= 0.3 is 6.55 Å². The number of halogens is 5. The molecule has 2 aromatic heterocycles. The monoisotopic (exact) mass is 649 g/mol. The van der Waals surface area contributed by atoms with Crippen LogP contribution in [0.2, 0.25) is 5.02 Å². The number of carbonyl (C=O) groups excluding carboxylic acids is 2. The van der Waals surface area contributed by atoms with Gasteiger partial charge in [-0.15, -0.1) is 0 Å². The summed E-state index contributed by atoms with van der Waals surface area (Å²) in [4.78, 5) is 29.9. The second kappa shape index (κ2) is 12.5. The Labute approximate surface area is 259 Å². The van der Waals surface area contributed by atoms with Crippen molar-refractivity contribution < 1.29 is 41.7 Å². The summed E-state index contributed by atoms with van der Waals surface area (Å²) in [6, 6.07) is 6.17. The number of amides is 2. The number of hydrogen-bond donors (Lipinski definition) is 3. The third-order valence-corrected chi connectivity index (χ3v) is 7.85. The summed E-state index contributed by atoms with van der Waals surface area (Å²) >= 11 is 6.18. The molecule has 1 aliphatic rings. The lowest BCUT2D eigenvalue weighted by molar-refractivity contribution is -0.117. The molecular formula is C30H28ClF4N5O5. The molecule has 1 atom stereocenters. The molecule has 10 nitrogen and oxygen atoms in total. The summed E-state index contributed by atoms with van der Waals surface area (Å²) in [6.07, 6.45) is 1.87. The zero-order chi connectivity index (χ0) is 32.6. The Bertz CT molecular complexity index is 1800. The number of methoxy groups -OCH3 is 1. The number of rotatable bonds is 12. The fourth-order valence-corrected chi connectivity index (χ4v) is 5.40. The van der Waals surface area contributed by atoms with Gasteiger partial charge in [0.1, 0.15) is 28.3 Å². The summed E-state index contributed by atoms with van der Waals surface area (Å²) in [5, 5.41) is 18.2. The van der Waals surface area contributed by atoms with Crippen LogP contribution in [0.4, 0.5) is 17.6 Å². The van der Waals surface area contributed by atoms with Gasteiger partial charge in [-0.05, 0) is 56.0 Å². The van der Waals surface area contributed by atoms with E-state index in [0.29, 0.717) is 17.5 Å². The van der Waals surface area contributed by atoms with E-state index in [9.17, 15) is 32.3 Å². The zero-order valence-electron chi connectivity index (χ0n) is 24.0. The van der Waals surface area contributed by atoms with E-state index in [0.717, 1.165) is 12.3 Å². The van der Waals surface area contributed by atoms with E-state index >= 15 is 0 Å². The van der Waals surface area contributed by atoms with E-state index in [1.54, 1.807) is 6.92 Å². The fourth-order valence-electron chi connectivity index (χ4n) is 5.15. The highest BCUT2D eigenvalue weighted by atomic mass is 35.5. The Balaban J connectivity index is 1.56. The molecule has 0 unspecified atom stereocenters. The lowest BCUT2D eigenvalue weighted by Crippen LogP contribution is -2.43. The number of hydrogen-bond acceptors (Lipinski definition) is 7. The maximum Gasteiger partial charge on any atom is 0.333 e. The van der Waals surface area contributed by atoms with Crippen LogP contribution in [0.25, 0.3) is 22.2 Å². The number of nitrogens with one attached hydrogen (secondary N) is 1. The van der Waals surface area contributed by atoms with E-state index in [-0.39, 0.29) is 76.0 Å². The number of primary amides is 1.